The Morgan fingerprint density at radius 2 is 1.61 bits per heavy atom. The molecule has 0 heterocycles. The van der Waals surface area contributed by atoms with Gasteiger partial charge in [-0.15, -0.1) is 0 Å². The number of hydrogen-bond donors (Lipinski definition) is 0. The van der Waals surface area contributed by atoms with Crippen molar-refractivity contribution in [3.05, 3.63) is 63.2 Å². The molecule has 0 atom stereocenters. The van der Waals surface area contributed by atoms with Gasteiger partial charge in [0.25, 0.3) is 0 Å². The smallest absolute Gasteiger partial charge is 0.308 e. The van der Waals surface area contributed by atoms with Crippen molar-refractivity contribution in [2.75, 3.05) is 0 Å². The molecule has 3 aromatic rings. The minimum atomic E-state index is -0.252. The molecule has 0 aliphatic heterocycles. The molecule has 142 valence electrons. The SMILES string of the molecule is CC(=O)Oc1c(C)c2c(c3ccc(C)c(C)c13)-c1c(ccc3c1CCCC3)C2. The Balaban J connectivity index is 1.92. The van der Waals surface area contributed by atoms with Crippen molar-refractivity contribution < 1.29 is 9.53 Å². The average Bonchev–Trinajstić information content (AvgIpc) is 3.08. The minimum absolute atomic E-state index is 0.252. The van der Waals surface area contributed by atoms with Crippen LogP contribution in [0, 0.1) is 20.8 Å². The summed E-state index contributed by atoms with van der Waals surface area (Å²) in [6.45, 7) is 7.89. The van der Waals surface area contributed by atoms with E-state index in [0.717, 1.165) is 23.1 Å². The molecule has 0 unspecified atom stereocenters. The standard InChI is InChI=1S/C26H26O2/c1-14-9-12-21-23(15(14)2)26(28-17(4)27)16(3)22-13-19-11-10-18-7-5-6-8-20(18)24(19)25(21)22/h9-12H,5-8,13H2,1-4H3. The molecule has 0 saturated heterocycles. The van der Waals surface area contributed by atoms with E-state index in [1.165, 1.54) is 76.9 Å². The van der Waals surface area contributed by atoms with Gasteiger partial charge in [0.15, 0.2) is 0 Å². The first-order valence-electron chi connectivity index (χ1n) is 10.3. The van der Waals surface area contributed by atoms with E-state index in [-0.39, 0.29) is 5.97 Å². The molecular formula is C26H26O2. The third-order valence-corrected chi connectivity index (χ3v) is 6.81. The minimum Gasteiger partial charge on any atom is -0.426 e. The summed E-state index contributed by atoms with van der Waals surface area (Å²) in [5.41, 5.74) is 12.3. The van der Waals surface area contributed by atoms with Gasteiger partial charge in [-0.2, -0.15) is 0 Å². The fraction of sp³-hybridized carbons (Fsp3) is 0.346. The third-order valence-electron chi connectivity index (χ3n) is 6.81. The van der Waals surface area contributed by atoms with Gasteiger partial charge >= 0.3 is 5.97 Å². The highest BCUT2D eigenvalue weighted by Crippen LogP contribution is 2.50. The fourth-order valence-electron chi connectivity index (χ4n) is 5.29. The van der Waals surface area contributed by atoms with E-state index in [4.69, 9.17) is 4.74 Å². The number of ether oxygens (including phenoxy) is 1. The lowest BCUT2D eigenvalue weighted by atomic mass is 9.83. The van der Waals surface area contributed by atoms with Crippen LogP contribution in [0.3, 0.4) is 0 Å². The summed E-state index contributed by atoms with van der Waals surface area (Å²) in [6.07, 6.45) is 5.87. The molecule has 0 N–H and O–H groups in total. The Morgan fingerprint density at radius 1 is 0.857 bits per heavy atom. The summed E-state index contributed by atoms with van der Waals surface area (Å²) in [7, 11) is 0. The zero-order valence-electron chi connectivity index (χ0n) is 17.2. The van der Waals surface area contributed by atoms with Gasteiger partial charge in [0, 0.05) is 12.3 Å². The first kappa shape index (κ1) is 17.5. The zero-order valence-corrected chi connectivity index (χ0v) is 17.2. The van der Waals surface area contributed by atoms with Crippen LogP contribution in [-0.4, -0.2) is 5.97 Å². The molecule has 0 fully saturated rings. The number of benzene rings is 3. The maximum absolute atomic E-state index is 11.9. The van der Waals surface area contributed by atoms with E-state index in [9.17, 15) is 4.79 Å². The van der Waals surface area contributed by atoms with Crippen molar-refractivity contribution in [3.8, 4) is 16.9 Å². The number of carbonyl (C=O) groups excluding carboxylic acids is 1. The Bertz CT molecular complexity index is 1170. The topological polar surface area (TPSA) is 26.3 Å². The van der Waals surface area contributed by atoms with Crippen molar-refractivity contribution in [2.24, 2.45) is 0 Å². The molecule has 0 amide bonds. The van der Waals surface area contributed by atoms with Crippen LogP contribution in [0.5, 0.6) is 5.75 Å². The van der Waals surface area contributed by atoms with E-state index < -0.39 is 0 Å². The first-order valence-corrected chi connectivity index (χ1v) is 10.3. The predicted octanol–water partition coefficient (Wildman–Crippen LogP) is 6.14. The molecule has 3 aromatic carbocycles. The average molecular weight is 370 g/mol. The third kappa shape index (κ3) is 2.37. The highest BCUT2D eigenvalue weighted by molar-refractivity contribution is 6.08. The Morgan fingerprint density at radius 3 is 2.39 bits per heavy atom. The van der Waals surface area contributed by atoms with E-state index >= 15 is 0 Å². The predicted molar refractivity (Wildman–Crippen MR) is 114 cm³/mol. The van der Waals surface area contributed by atoms with Gasteiger partial charge in [0.05, 0.1) is 0 Å². The van der Waals surface area contributed by atoms with Crippen molar-refractivity contribution in [2.45, 2.75) is 59.8 Å². The van der Waals surface area contributed by atoms with E-state index in [1.54, 1.807) is 5.56 Å². The summed E-state index contributed by atoms with van der Waals surface area (Å²) >= 11 is 0. The monoisotopic (exact) mass is 370 g/mol. The number of fused-ring (bicyclic) bond motifs is 7. The largest absolute Gasteiger partial charge is 0.426 e. The van der Waals surface area contributed by atoms with E-state index in [2.05, 4.69) is 45.0 Å². The summed E-state index contributed by atoms with van der Waals surface area (Å²) in [4.78, 5) is 11.9. The Hall–Kier alpha value is -2.61. The van der Waals surface area contributed by atoms with Crippen molar-refractivity contribution in [3.63, 3.8) is 0 Å². The number of aryl methyl sites for hydroxylation is 3. The summed E-state index contributed by atoms with van der Waals surface area (Å²) < 4.78 is 5.79. The van der Waals surface area contributed by atoms with Gasteiger partial charge in [0.1, 0.15) is 5.75 Å². The molecule has 2 aliphatic carbocycles. The van der Waals surface area contributed by atoms with Crippen molar-refractivity contribution >= 4 is 16.7 Å². The van der Waals surface area contributed by atoms with Gasteiger partial charge in [0.2, 0.25) is 0 Å². The molecule has 0 spiro atoms. The molecule has 2 aliphatic rings. The van der Waals surface area contributed by atoms with E-state index in [1.807, 2.05) is 0 Å². The number of hydrogen-bond acceptors (Lipinski definition) is 2. The first-order chi connectivity index (χ1) is 13.5. The molecule has 28 heavy (non-hydrogen) atoms. The molecule has 0 bridgehead atoms. The lowest BCUT2D eigenvalue weighted by molar-refractivity contribution is -0.131. The molecule has 2 heteroatoms. The molecular weight excluding hydrogens is 344 g/mol. The van der Waals surface area contributed by atoms with Crippen LogP contribution in [0.1, 0.15) is 58.7 Å². The molecule has 5 rings (SSSR count). The normalized spacial score (nSPS) is 14.6. The van der Waals surface area contributed by atoms with Crippen LogP contribution in [0.25, 0.3) is 21.9 Å². The number of rotatable bonds is 1. The van der Waals surface area contributed by atoms with Gasteiger partial charge in [-0.3, -0.25) is 4.79 Å². The summed E-state index contributed by atoms with van der Waals surface area (Å²) in [6, 6.07) is 9.12. The second-order valence-corrected chi connectivity index (χ2v) is 8.45. The Labute approximate surface area is 166 Å². The quantitative estimate of drug-likeness (QED) is 0.297. The second-order valence-electron chi connectivity index (χ2n) is 8.45. The molecule has 0 saturated carbocycles. The van der Waals surface area contributed by atoms with Gasteiger partial charge < -0.3 is 4.74 Å². The second kappa shape index (κ2) is 6.20. The highest BCUT2D eigenvalue weighted by atomic mass is 16.5. The molecule has 0 aromatic heterocycles. The zero-order chi connectivity index (χ0) is 19.6. The van der Waals surface area contributed by atoms with Gasteiger partial charge in [-0.05, 0) is 108 Å². The van der Waals surface area contributed by atoms with Crippen molar-refractivity contribution in [1.29, 1.82) is 0 Å². The van der Waals surface area contributed by atoms with Gasteiger partial charge in [-0.1, -0.05) is 24.3 Å². The maximum Gasteiger partial charge on any atom is 0.308 e. The van der Waals surface area contributed by atoms with Crippen LogP contribution >= 0.6 is 0 Å². The van der Waals surface area contributed by atoms with Crippen LogP contribution < -0.4 is 4.74 Å². The maximum atomic E-state index is 11.9. The van der Waals surface area contributed by atoms with Crippen LogP contribution in [-0.2, 0) is 24.1 Å². The lowest BCUT2D eigenvalue weighted by Crippen LogP contribution is -2.07. The Kier molecular flexibility index (Phi) is 3.87. The van der Waals surface area contributed by atoms with Crippen LogP contribution in [0.2, 0.25) is 0 Å². The summed E-state index contributed by atoms with van der Waals surface area (Å²) in [5.74, 6) is 0.502. The highest BCUT2D eigenvalue weighted by Gasteiger charge is 2.30. The van der Waals surface area contributed by atoms with Crippen molar-refractivity contribution in [1.82, 2.24) is 0 Å². The number of esters is 1. The lowest BCUT2D eigenvalue weighted by Gasteiger charge is -2.22. The molecule has 0 radical (unpaired) electrons. The molecule has 2 nitrogen and oxygen atoms in total. The van der Waals surface area contributed by atoms with Gasteiger partial charge in [-0.25, -0.2) is 0 Å². The van der Waals surface area contributed by atoms with Crippen LogP contribution in [0.15, 0.2) is 24.3 Å². The van der Waals surface area contributed by atoms with E-state index in [0.29, 0.717) is 0 Å². The summed E-state index contributed by atoms with van der Waals surface area (Å²) in [5, 5.41) is 2.34. The fourth-order valence-corrected chi connectivity index (χ4v) is 5.29. The van der Waals surface area contributed by atoms with Crippen LogP contribution in [0.4, 0.5) is 0 Å². The number of carbonyl (C=O) groups is 1.